The van der Waals surface area contributed by atoms with Gasteiger partial charge in [-0.3, -0.25) is 4.79 Å². The van der Waals surface area contributed by atoms with Crippen molar-refractivity contribution in [2.75, 3.05) is 11.1 Å². The summed E-state index contributed by atoms with van der Waals surface area (Å²) in [6.07, 6.45) is -0.208. The van der Waals surface area contributed by atoms with Gasteiger partial charge in [-0.2, -0.15) is 5.26 Å². The number of ether oxygens (including phenoxy) is 1. The Bertz CT molecular complexity index is 823. The number of hydrogen-bond donors (Lipinski definition) is 1. The maximum Gasteiger partial charge on any atom is 0.350 e. The van der Waals surface area contributed by atoms with Gasteiger partial charge in [0.05, 0.1) is 29.2 Å². The van der Waals surface area contributed by atoms with Crippen LogP contribution in [-0.4, -0.2) is 28.7 Å². The maximum absolute atomic E-state index is 12.0. The third-order valence-corrected chi connectivity index (χ3v) is 5.21. The predicted octanol–water partition coefficient (Wildman–Crippen LogP) is 3.76. The van der Waals surface area contributed by atoms with Crippen molar-refractivity contribution in [1.29, 1.82) is 5.26 Å². The number of carbonyl (C=O) groups is 2. The summed E-state index contributed by atoms with van der Waals surface area (Å²) in [6, 6.07) is 9.33. The number of nitriles is 1. The fourth-order valence-corrected chi connectivity index (χ4v) is 3.65. The molecule has 0 aliphatic carbocycles. The summed E-state index contributed by atoms with van der Waals surface area (Å²) in [6.45, 7) is 5.27. The molecule has 8 heteroatoms. The minimum Gasteiger partial charge on any atom is -0.459 e. The van der Waals surface area contributed by atoms with Crippen LogP contribution >= 0.6 is 23.1 Å². The Hall–Kier alpha value is -2.37. The molecule has 1 aromatic heterocycles. The van der Waals surface area contributed by atoms with Gasteiger partial charge in [0, 0.05) is 5.75 Å². The molecule has 136 valence electrons. The molecule has 0 unspecified atom stereocenters. The Kier molecular flexibility index (Phi) is 7.18. The topological polar surface area (TPSA) is 92.1 Å². The van der Waals surface area contributed by atoms with Crippen molar-refractivity contribution in [3.8, 4) is 6.07 Å². The number of benzene rings is 1. The zero-order chi connectivity index (χ0) is 19.1. The van der Waals surface area contributed by atoms with Crippen LogP contribution in [0.25, 0.3) is 0 Å². The molecule has 0 saturated heterocycles. The highest BCUT2D eigenvalue weighted by Gasteiger charge is 2.18. The largest absolute Gasteiger partial charge is 0.459 e. The number of thioether (sulfide) groups is 1. The summed E-state index contributed by atoms with van der Waals surface area (Å²) < 4.78 is 5.16. The lowest BCUT2D eigenvalue weighted by molar-refractivity contribution is -0.113. The molecule has 1 aromatic carbocycles. The summed E-state index contributed by atoms with van der Waals surface area (Å²) in [5.74, 6) is 0.332. The van der Waals surface area contributed by atoms with E-state index < -0.39 is 5.97 Å². The molecule has 0 fully saturated rings. The Morgan fingerprint density at radius 1 is 1.35 bits per heavy atom. The lowest BCUT2D eigenvalue weighted by Gasteiger charge is -2.05. The van der Waals surface area contributed by atoms with Crippen LogP contribution in [0.3, 0.4) is 0 Å². The highest BCUT2D eigenvalue weighted by atomic mass is 32.2. The van der Waals surface area contributed by atoms with Gasteiger partial charge in [-0.25, -0.2) is 9.78 Å². The summed E-state index contributed by atoms with van der Waals surface area (Å²) in [4.78, 5) is 28.6. The average molecular weight is 390 g/mol. The summed E-state index contributed by atoms with van der Waals surface area (Å²) >= 11 is 2.58. The van der Waals surface area contributed by atoms with Gasteiger partial charge in [-0.1, -0.05) is 23.5 Å². The van der Waals surface area contributed by atoms with E-state index in [0.717, 1.165) is 16.9 Å². The van der Waals surface area contributed by atoms with Gasteiger partial charge >= 0.3 is 5.97 Å². The second kappa shape index (κ2) is 9.36. The van der Waals surface area contributed by atoms with Gasteiger partial charge in [-0.05, 0) is 38.5 Å². The third kappa shape index (κ3) is 5.86. The normalized spacial score (nSPS) is 10.4. The van der Waals surface area contributed by atoms with Crippen molar-refractivity contribution in [2.24, 2.45) is 0 Å². The second-order valence-electron chi connectivity index (χ2n) is 5.74. The fourth-order valence-electron chi connectivity index (χ4n) is 2.00. The van der Waals surface area contributed by atoms with E-state index in [-0.39, 0.29) is 17.8 Å². The van der Waals surface area contributed by atoms with E-state index in [2.05, 4.69) is 16.4 Å². The van der Waals surface area contributed by atoms with E-state index in [9.17, 15) is 9.59 Å². The third-order valence-electron chi connectivity index (χ3n) is 3.16. The number of thiazole rings is 1. The van der Waals surface area contributed by atoms with Crippen molar-refractivity contribution >= 4 is 40.1 Å². The van der Waals surface area contributed by atoms with Gasteiger partial charge in [0.1, 0.15) is 4.88 Å². The first-order valence-electron chi connectivity index (χ1n) is 7.94. The Labute approximate surface area is 160 Å². The van der Waals surface area contributed by atoms with Gasteiger partial charge in [0.25, 0.3) is 0 Å². The number of esters is 1. The van der Waals surface area contributed by atoms with E-state index in [1.807, 2.05) is 12.1 Å². The Balaban J connectivity index is 1.84. The number of aryl methyl sites for hydroxylation is 1. The molecule has 0 radical (unpaired) electrons. The van der Waals surface area contributed by atoms with Crippen molar-refractivity contribution in [1.82, 2.24) is 4.98 Å². The van der Waals surface area contributed by atoms with Crippen molar-refractivity contribution in [2.45, 2.75) is 32.6 Å². The summed E-state index contributed by atoms with van der Waals surface area (Å²) in [5.41, 5.74) is 2.20. The molecular formula is C18H19N3O3S2. The number of nitrogens with zero attached hydrogens (tertiary/aromatic N) is 2. The molecule has 0 aliphatic heterocycles. The van der Waals surface area contributed by atoms with Crippen LogP contribution < -0.4 is 5.32 Å². The van der Waals surface area contributed by atoms with Gasteiger partial charge in [-0.15, -0.1) is 11.8 Å². The molecule has 6 nitrogen and oxygen atoms in total. The van der Waals surface area contributed by atoms with E-state index >= 15 is 0 Å². The van der Waals surface area contributed by atoms with Crippen molar-refractivity contribution in [3.63, 3.8) is 0 Å². The number of hydrogen-bond acceptors (Lipinski definition) is 7. The SMILES string of the molecule is Cc1nc(NC(=O)CSCc2ccc(C#N)cc2)sc1C(=O)OC(C)C. The Morgan fingerprint density at radius 3 is 2.65 bits per heavy atom. The summed E-state index contributed by atoms with van der Waals surface area (Å²) in [7, 11) is 0. The molecular weight excluding hydrogens is 370 g/mol. The van der Waals surface area contributed by atoms with Crippen LogP contribution in [0.1, 0.15) is 40.3 Å². The van der Waals surface area contributed by atoms with Crippen LogP contribution in [0.5, 0.6) is 0 Å². The number of anilines is 1. The number of carbonyl (C=O) groups excluding carboxylic acids is 2. The van der Waals surface area contributed by atoms with Crippen molar-refractivity contribution < 1.29 is 14.3 Å². The lowest BCUT2D eigenvalue weighted by Crippen LogP contribution is -2.14. The average Bonchev–Trinajstić information content (AvgIpc) is 2.95. The first kappa shape index (κ1) is 19.9. The predicted molar refractivity (Wildman–Crippen MR) is 103 cm³/mol. The fraction of sp³-hybridized carbons (Fsp3) is 0.333. The quantitative estimate of drug-likeness (QED) is 0.725. The van der Waals surface area contributed by atoms with Crippen LogP contribution in [0.15, 0.2) is 24.3 Å². The van der Waals surface area contributed by atoms with Crippen LogP contribution in [0.2, 0.25) is 0 Å². The number of amides is 1. The minimum atomic E-state index is -0.425. The van der Waals surface area contributed by atoms with E-state index in [0.29, 0.717) is 27.0 Å². The van der Waals surface area contributed by atoms with Crippen LogP contribution in [-0.2, 0) is 15.3 Å². The molecule has 2 rings (SSSR count). The molecule has 1 N–H and O–H groups in total. The van der Waals surface area contributed by atoms with E-state index in [1.54, 1.807) is 32.9 Å². The second-order valence-corrected chi connectivity index (χ2v) is 7.72. The number of nitrogens with one attached hydrogen (secondary N) is 1. The minimum absolute atomic E-state index is 0.179. The standard InChI is InChI=1S/C18H19N3O3S2/c1-11(2)24-17(23)16-12(3)20-18(26-16)21-15(22)10-25-9-14-6-4-13(8-19)5-7-14/h4-7,11H,9-10H2,1-3H3,(H,20,21,22). The first-order chi connectivity index (χ1) is 12.4. The summed E-state index contributed by atoms with van der Waals surface area (Å²) in [5, 5.41) is 11.9. The number of rotatable bonds is 7. The number of aromatic nitrogens is 1. The Morgan fingerprint density at radius 2 is 2.04 bits per heavy atom. The monoisotopic (exact) mass is 389 g/mol. The lowest BCUT2D eigenvalue weighted by atomic mass is 10.2. The molecule has 0 atom stereocenters. The first-order valence-corrected chi connectivity index (χ1v) is 9.91. The molecule has 26 heavy (non-hydrogen) atoms. The van der Waals surface area contributed by atoms with Crippen LogP contribution in [0.4, 0.5) is 5.13 Å². The smallest absolute Gasteiger partial charge is 0.350 e. The van der Waals surface area contributed by atoms with E-state index in [4.69, 9.17) is 10.00 Å². The molecule has 1 heterocycles. The van der Waals surface area contributed by atoms with Gasteiger partial charge < -0.3 is 10.1 Å². The molecule has 0 saturated carbocycles. The molecule has 0 bridgehead atoms. The van der Waals surface area contributed by atoms with Crippen molar-refractivity contribution in [3.05, 3.63) is 46.0 Å². The molecule has 0 aliphatic rings. The zero-order valence-electron chi connectivity index (χ0n) is 14.7. The van der Waals surface area contributed by atoms with Gasteiger partial charge in [0.2, 0.25) is 5.91 Å². The van der Waals surface area contributed by atoms with Crippen LogP contribution in [0, 0.1) is 18.3 Å². The van der Waals surface area contributed by atoms with E-state index in [1.165, 1.54) is 11.8 Å². The highest BCUT2D eigenvalue weighted by Crippen LogP contribution is 2.24. The molecule has 1 amide bonds. The molecule has 0 spiro atoms. The van der Waals surface area contributed by atoms with Gasteiger partial charge in [0.15, 0.2) is 5.13 Å². The maximum atomic E-state index is 12.0. The zero-order valence-corrected chi connectivity index (χ0v) is 16.4. The highest BCUT2D eigenvalue weighted by molar-refractivity contribution is 7.99. The molecule has 2 aromatic rings.